The first kappa shape index (κ1) is 13.3. The van der Waals surface area contributed by atoms with E-state index in [2.05, 4.69) is 22.2 Å². The number of methoxy groups -OCH3 is 1. The third-order valence-electron chi connectivity index (χ3n) is 3.49. The highest BCUT2D eigenvalue weighted by Crippen LogP contribution is 2.24. The van der Waals surface area contributed by atoms with Gasteiger partial charge in [0.25, 0.3) is 0 Å². The van der Waals surface area contributed by atoms with E-state index in [1.807, 2.05) is 22.9 Å². The lowest BCUT2D eigenvalue weighted by molar-refractivity contribution is 0.177. The number of aromatic nitrogens is 3. The molecule has 1 saturated heterocycles. The minimum atomic E-state index is 0.344. The molecule has 1 fully saturated rings. The maximum Gasteiger partial charge on any atom is 0.176 e. The molecule has 1 unspecified atom stereocenters. The van der Waals surface area contributed by atoms with Gasteiger partial charge in [-0.25, -0.2) is 9.67 Å². The summed E-state index contributed by atoms with van der Waals surface area (Å²) < 4.78 is 12.6. The zero-order valence-electron chi connectivity index (χ0n) is 11.7. The largest absolute Gasteiger partial charge is 0.381 e. The Kier molecular flexibility index (Phi) is 4.08. The second-order valence-electron chi connectivity index (χ2n) is 5.02. The summed E-state index contributed by atoms with van der Waals surface area (Å²) in [7, 11) is 1.66. The predicted molar refractivity (Wildman–Crippen MR) is 74.5 cm³/mol. The van der Waals surface area contributed by atoms with Gasteiger partial charge in [-0.15, -0.1) is 0 Å². The van der Waals surface area contributed by atoms with E-state index in [0.717, 1.165) is 37.8 Å². The maximum absolute atomic E-state index is 5.47. The van der Waals surface area contributed by atoms with E-state index in [4.69, 9.17) is 9.47 Å². The summed E-state index contributed by atoms with van der Waals surface area (Å²) in [6.45, 7) is 2.73. The molecule has 5 nitrogen and oxygen atoms in total. The lowest BCUT2D eigenvalue weighted by atomic mass is 10.1. The Morgan fingerprint density at radius 2 is 2.20 bits per heavy atom. The Balaban J connectivity index is 1.87. The van der Waals surface area contributed by atoms with Crippen molar-refractivity contribution in [3.05, 3.63) is 47.5 Å². The summed E-state index contributed by atoms with van der Waals surface area (Å²) >= 11 is 0. The van der Waals surface area contributed by atoms with Crippen molar-refractivity contribution in [3.8, 4) is 0 Å². The van der Waals surface area contributed by atoms with Gasteiger partial charge in [-0.1, -0.05) is 30.3 Å². The highest BCUT2D eigenvalue weighted by Gasteiger charge is 2.24. The molecule has 106 valence electrons. The van der Waals surface area contributed by atoms with Crippen molar-refractivity contribution in [1.82, 2.24) is 14.8 Å². The topological polar surface area (TPSA) is 49.2 Å². The van der Waals surface area contributed by atoms with Crippen LogP contribution in [0.1, 0.15) is 29.6 Å². The Labute approximate surface area is 118 Å². The molecule has 0 saturated carbocycles. The molecular weight excluding hydrogens is 254 g/mol. The van der Waals surface area contributed by atoms with E-state index in [-0.39, 0.29) is 0 Å². The van der Waals surface area contributed by atoms with Crippen LogP contribution < -0.4 is 0 Å². The normalized spacial score (nSPS) is 18.6. The third kappa shape index (κ3) is 2.89. The molecule has 1 aromatic heterocycles. The van der Waals surface area contributed by atoms with Crippen LogP contribution in [0.2, 0.25) is 0 Å². The number of nitrogens with zero attached hydrogens (tertiary/aromatic N) is 3. The molecule has 0 amide bonds. The van der Waals surface area contributed by atoms with Crippen molar-refractivity contribution in [3.63, 3.8) is 0 Å². The fourth-order valence-corrected chi connectivity index (χ4v) is 2.51. The highest BCUT2D eigenvalue weighted by molar-refractivity contribution is 5.16. The number of hydrogen-bond acceptors (Lipinski definition) is 4. The third-order valence-corrected chi connectivity index (χ3v) is 3.49. The SMILES string of the molecule is COCc1nc(C2CCOC2)n(Cc2ccccc2)n1. The number of rotatable bonds is 5. The van der Waals surface area contributed by atoms with Crippen LogP contribution in [0.15, 0.2) is 30.3 Å². The molecular formula is C15H19N3O2. The minimum absolute atomic E-state index is 0.344. The van der Waals surface area contributed by atoms with Crippen LogP contribution >= 0.6 is 0 Å². The summed E-state index contributed by atoms with van der Waals surface area (Å²) in [6.07, 6.45) is 1.01. The molecule has 1 atom stereocenters. The average molecular weight is 273 g/mol. The second kappa shape index (κ2) is 6.15. The quantitative estimate of drug-likeness (QED) is 0.836. The first-order valence-electron chi connectivity index (χ1n) is 6.91. The molecule has 20 heavy (non-hydrogen) atoms. The summed E-state index contributed by atoms with van der Waals surface area (Å²) in [4.78, 5) is 4.62. The molecule has 0 spiro atoms. The number of hydrogen-bond donors (Lipinski definition) is 0. The Morgan fingerprint density at radius 3 is 2.90 bits per heavy atom. The van der Waals surface area contributed by atoms with Crippen molar-refractivity contribution in [2.75, 3.05) is 20.3 Å². The van der Waals surface area contributed by atoms with Gasteiger partial charge < -0.3 is 9.47 Å². The van der Waals surface area contributed by atoms with Crippen LogP contribution in [0.4, 0.5) is 0 Å². The van der Waals surface area contributed by atoms with Crippen LogP contribution in [-0.4, -0.2) is 35.1 Å². The van der Waals surface area contributed by atoms with Gasteiger partial charge in [0.1, 0.15) is 12.4 Å². The number of benzene rings is 1. The summed E-state index contributed by atoms with van der Waals surface area (Å²) in [5, 5.41) is 4.56. The van der Waals surface area contributed by atoms with E-state index in [0.29, 0.717) is 12.5 Å². The summed E-state index contributed by atoms with van der Waals surface area (Å²) in [5.74, 6) is 2.10. The zero-order chi connectivity index (χ0) is 13.8. The van der Waals surface area contributed by atoms with Gasteiger partial charge >= 0.3 is 0 Å². The van der Waals surface area contributed by atoms with Crippen molar-refractivity contribution in [2.45, 2.75) is 25.5 Å². The van der Waals surface area contributed by atoms with Crippen molar-refractivity contribution in [1.29, 1.82) is 0 Å². The molecule has 5 heteroatoms. The molecule has 0 bridgehead atoms. The fourth-order valence-electron chi connectivity index (χ4n) is 2.51. The molecule has 2 heterocycles. The molecule has 0 aliphatic carbocycles. The lowest BCUT2D eigenvalue weighted by Crippen LogP contribution is -2.11. The molecule has 3 rings (SSSR count). The maximum atomic E-state index is 5.47. The van der Waals surface area contributed by atoms with Crippen LogP contribution in [0.25, 0.3) is 0 Å². The van der Waals surface area contributed by atoms with E-state index in [1.165, 1.54) is 5.56 Å². The van der Waals surface area contributed by atoms with E-state index >= 15 is 0 Å². The molecule has 1 aliphatic heterocycles. The number of ether oxygens (including phenoxy) is 2. The molecule has 2 aromatic rings. The molecule has 0 radical (unpaired) electrons. The van der Waals surface area contributed by atoms with Crippen LogP contribution in [0, 0.1) is 0 Å². The summed E-state index contributed by atoms with van der Waals surface area (Å²) in [5.41, 5.74) is 1.22. The van der Waals surface area contributed by atoms with Gasteiger partial charge in [-0.2, -0.15) is 5.10 Å². The Hall–Kier alpha value is -1.72. The smallest absolute Gasteiger partial charge is 0.176 e. The van der Waals surface area contributed by atoms with Crippen LogP contribution in [0.3, 0.4) is 0 Å². The van der Waals surface area contributed by atoms with Crippen molar-refractivity contribution >= 4 is 0 Å². The van der Waals surface area contributed by atoms with Gasteiger partial charge in [0.2, 0.25) is 0 Å². The summed E-state index contributed by atoms with van der Waals surface area (Å²) in [6, 6.07) is 10.3. The Bertz CT molecular complexity index is 548. The van der Waals surface area contributed by atoms with Gasteiger partial charge in [-0.3, -0.25) is 0 Å². The van der Waals surface area contributed by atoms with Gasteiger partial charge in [0.15, 0.2) is 5.82 Å². The average Bonchev–Trinajstić information content (AvgIpc) is 3.10. The first-order valence-corrected chi connectivity index (χ1v) is 6.91. The molecule has 1 aliphatic rings. The molecule has 1 aromatic carbocycles. The fraction of sp³-hybridized carbons (Fsp3) is 0.467. The van der Waals surface area contributed by atoms with E-state index < -0.39 is 0 Å². The Morgan fingerprint density at radius 1 is 1.35 bits per heavy atom. The van der Waals surface area contributed by atoms with Crippen molar-refractivity contribution < 1.29 is 9.47 Å². The molecule has 0 N–H and O–H groups in total. The predicted octanol–water partition coefficient (Wildman–Crippen LogP) is 1.98. The van der Waals surface area contributed by atoms with Crippen LogP contribution in [-0.2, 0) is 22.6 Å². The monoisotopic (exact) mass is 273 g/mol. The minimum Gasteiger partial charge on any atom is -0.381 e. The van der Waals surface area contributed by atoms with Crippen LogP contribution in [0.5, 0.6) is 0 Å². The van der Waals surface area contributed by atoms with Gasteiger partial charge in [0, 0.05) is 19.6 Å². The van der Waals surface area contributed by atoms with E-state index in [9.17, 15) is 0 Å². The lowest BCUT2D eigenvalue weighted by Gasteiger charge is -2.09. The van der Waals surface area contributed by atoms with Gasteiger partial charge in [-0.05, 0) is 12.0 Å². The van der Waals surface area contributed by atoms with Gasteiger partial charge in [0.05, 0.1) is 13.2 Å². The first-order chi connectivity index (χ1) is 9.86. The van der Waals surface area contributed by atoms with Crippen molar-refractivity contribution in [2.24, 2.45) is 0 Å². The second-order valence-corrected chi connectivity index (χ2v) is 5.02. The standard InChI is InChI=1S/C15H19N3O2/c1-19-11-14-16-15(13-7-8-20-10-13)18(17-14)9-12-5-3-2-4-6-12/h2-6,13H,7-11H2,1H3. The highest BCUT2D eigenvalue weighted by atomic mass is 16.5. The zero-order valence-corrected chi connectivity index (χ0v) is 11.7. The van der Waals surface area contributed by atoms with E-state index in [1.54, 1.807) is 7.11 Å².